The molecule has 4 rings (SSSR count). The average molecular weight is 349 g/mol. The minimum Gasteiger partial charge on any atom is -0.326 e. The molecule has 2 nitrogen and oxygen atoms in total. The fraction of sp³-hybridized carbons (Fsp3) is 0.0500. The van der Waals surface area contributed by atoms with Gasteiger partial charge in [0.15, 0.2) is 0 Å². The van der Waals surface area contributed by atoms with Crippen molar-refractivity contribution in [2.24, 2.45) is 0 Å². The van der Waals surface area contributed by atoms with Gasteiger partial charge in [0, 0.05) is 38.7 Å². The molecule has 2 heterocycles. The topological polar surface area (TPSA) is 29.1 Å². The molecular formula is C20H15NOS2. The summed E-state index contributed by atoms with van der Waals surface area (Å²) in [6.45, 7) is 1.54. The number of rotatable bonds is 3. The van der Waals surface area contributed by atoms with Crippen LogP contribution in [0.1, 0.15) is 6.92 Å². The summed E-state index contributed by atoms with van der Waals surface area (Å²) in [7, 11) is 0. The number of fused-ring (bicyclic) bond motifs is 1. The van der Waals surface area contributed by atoms with Gasteiger partial charge >= 0.3 is 0 Å². The summed E-state index contributed by atoms with van der Waals surface area (Å²) in [5.74, 6) is -0.0559. The van der Waals surface area contributed by atoms with Crippen molar-refractivity contribution in [1.29, 1.82) is 0 Å². The van der Waals surface area contributed by atoms with Crippen molar-refractivity contribution in [3.63, 3.8) is 0 Å². The van der Waals surface area contributed by atoms with Crippen LogP contribution in [-0.2, 0) is 4.79 Å². The molecule has 1 N–H and O–H groups in total. The monoisotopic (exact) mass is 349 g/mol. The summed E-state index contributed by atoms with van der Waals surface area (Å²) in [5.41, 5.74) is 3.11. The van der Waals surface area contributed by atoms with E-state index in [2.05, 4.69) is 53.2 Å². The predicted molar refractivity (Wildman–Crippen MR) is 105 cm³/mol. The molecule has 0 aliphatic rings. The van der Waals surface area contributed by atoms with E-state index in [1.54, 1.807) is 29.6 Å². The van der Waals surface area contributed by atoms with Gasteiger partial charge in [0.25, 0.3) is 0 Å². The van der Waals surface area contributed by atoms with Crippen molar-refractivity contribution < 1.29 is 4.79 Å². The summed E-state index contributed by atoms with van der Waals surface area (Å²) in [4.78, 5) is 14.1. The maximum Gasteiger partial charge on any atom is 0.221 e. The summed E-state index contributed by atoms with van der Waals surface area (Å²) < 4.78 is 1.26. The number of nitrogens with one attached hydrogen (secondary N) is 1. The zero-order valence-corrected chi connectivity index (χ0v) is 14.7. The van der Waals surface area contributed by atoms with Gasteiger partial charge in [0.1, 0.15) is 0 Å². The quantitative estimate of drug-likeness (QED) is 0.465. The van der Waals surface area contributed by atoms with Gasteiger partial charge < -0.3 is 5.32 Å². The molecule has 0 atom stereocenters. The molecule has 0 saturated heterocycles. The number of carbonyl (C=O) groups is 1. The number of benzene rings is 2. The Bertz CT molecular complexity index is 1020. The molecule has 0 unspecified atom stereocenters. The third kappa shape index (κ3) is 2.64. The van der Waals surface area contributed by atoms with Crippen molar-refractivity contribution in [1.82, 2.24) is 0 Å². The Balaban J connectivity index is 2.03. The number of amides is 1. The Morgan fingerprint density at radius 2 is 1.75 bits per heavy atom. The normalized spacial score (nSPS) is 10.9. The van der Waals surface area contributed by atoms with Gasteiger partial charge in [-0.3, -0.25) is 4.79 Å². The molecule has 2 aromatic carbocycles. The average Bonchev–Trinajstić information content (AvgIpc) is 3.22. The maximum absolute atomic E-state index is 11.6. The number of hydrogen-bond acceptors (Lipinski definition) is 3. The highest BCUT2D eigenvalue weighted by molar-refractivity contribution is 7.26. The third-order valence-corrected chi connectivity index (χ3v) is 6.07. The number of hydrogen-bond donors (Lipinski definition) is 1. The first-order chi connectivity index (χ1) is 11.7. The van der Waals surface area contributed by atoms with Gasteiger partial charge in [-0.15, -0.1) is 22.7 Å². The lowest BCUT2D eigenvalue weighted by molar-refractivity contribution is -0.114. The lowest BCUT2D eigenvalue weighted by Crippen LogP contribution is -2.06. The van der Waals surface area contributed by atoms with Crippen LogP contribution in [0.3, 0.4) is 0 Å². The molecule has 4 heteroatoms. The fourth-order valence-electron chi connectivity index (χ4n) is 2.89. The van der Waals surface area contributed by atoms with Gasteiger partial charge in [-0.25, -0.2) is 0 Å². The summed E-state index contributed by atoms with van der Waals surface area (Å²) in [6, 6.07) is 20.7. The second-order valence-electron chi connectivity index (χ2n) is 5.51. The van der Waals surface area contributed by atoms with E-state index in [9.17, 15) is 4.79 Å². The van der Waals surface area contributed by atoms with Crippen LogP contribution in [0, 0.1) is 0 Å². The molecule has 4 aromatic rings. The highest BCUT2D eigenvalue weighted by Gasteiger charge is 2.18. The molecule has 118 valence electrons. The van der Waals surface area contributed by atoms with Gasteiger partial charge in [0.05, 0.1) is 4.88 Å². The summed E-state index contributed by atoms with van der Waals surface area (Å²) in [5, 5.41) is 6.29. The van der Waals surface area contributed by atoms with Crippen LogP contribution in [0.15, 0.2) is 66.0 Å². The van der Waals surface area contributed by atoms with Crippen molar-refractivity contribution in [2.45, 2.75) is 6.92 Å². The Labute approximate surface area is 148 Å². The van der Waals surface area contributed by atoms with Gasteiger partial charge in [-0.05, 0) is 23.6 Å². The molecule has 0 aliphatic heterocycles. The molecule has 2 aromatic heterocycles. The van der Waals surface area contributed by atoms with E-state index in [0.717, 1.165) is 11.3 Å². The van der Waals surface area contributed by atoms with E-state index < -0.39 is 0 Å². The van der Waals surface area contributed by atoms with Crippen molar-refractivity contribution >= 4 is 44.4 Å². The van der Waals surface area contributed by atoms with Gasteiger partial charge in [-0.2, -0.15) is 0 Å². The highest BCUT2D eigenvalue weighted by Crippen LogP contribution is 2.47. The van der Waals surface area contributed by atoms with Crippen molar-refractivity contribution in [2.75, 3.05) is 5.32 Å². The molecule has 1 amide bonds. The number of para-hydroxylation sites is 1. The molecule has 0 spiro atoms. The van der Waals surface area contributed by atoms with E-state index in [1.807, 2.05) is 18.2 Å². The lowest BCUT2D eigenvalue weighted by Gasteiger charge is -2.11. The Kier molecular flexibility index (Phi) is 3.92. The Morgan fingerprint density at radius 1 is 0.958 bits per heavy atom. The maximum atomic E-state index is 11.6. The van der Waals surface area contributed by atoms with E-state index in [-0.39, 0.29) is 5.91 Å². The van der Waals surface area contributed by atoms with Crippen LogP contribution in [0.2, 0.25) is 0 Å². The zero-order valence-electron chi connectivity index (χ0n) is 13.1. The van der Waals surface area contributed by atoms with E-state index in [4.69, 9.17) is 0 Å². The van der Waals surface area contributed by atoms with Crippen LogP contribution < -0.4 is 5.32 Å². The molecular weight excluding hydrogens is 334 g/mol. The number of carbonyl (C=O) groups excluding carboxylic acids is 1. The van der Waals surface area contributed by atoms with Crippen LogP contribution in [0.5, 0.6) is 0 Å². The van der Waals surface area contributed by atoms with E-state index >= 15 is 0 Å². The third-order valence-electron chi connectivity index (χ3n) is 3.85. The van der Waals surface area contributed by atoms with Gasteiger partial charge in [-0.1, -0.05) is 42.5 Å². The smallest absolute Gasteiger partial charge is 0.221 e. The first-order valence-electron chi connectivity index (χ1n) is 7.66. The Morgan fingerprint density at radius 3 is 2.54 bits per heavy atom. The second kappa shape index (κ2) is 6.23. The summed E-state index contributed by atoms with van der Waals surface area (Å²) >= 11 is 3.54. The standard InChI is InChI=1S/C20H15NOS2/c1-13(22)21-16-9-4-2-7-14(16)19-15-8-3-5-10-17(15)24-20(19)18-11-6-12-23-18/h2-12H,1H3,(H,21,22). The highest BCUT2D eigenvalue weighted by atomic mass is 32.1. The van der Waals surface area contributed by atoms with Crippen LogP contribution in [0.4, 0.5) is 5.69 Å². The molecule has 0 aliphatic carbocycles. The zero-order chi connectivity index (χ0) is 16.5. The molecule has 0 saturated carbocycles. The SMILES string of the molecule is CC(=O)Nc1ccccc1-c1c(-c2cccs2)sc2ccccc12. The van der Waals surface area contributed by atoms with Gasteiger partial charge in [0.2, 0.25) is 5.91 Å². The van der Waals surface area contributed by atoms with E-state index in [0.29, 0.717) is 0 Å². The molecule has 0 bridgehead atoms. The number of anilines is 1. The molecule has 0 radical (unpaired) electrons. The largest absolute Gasteiger partial charge is 0.326 e. The minimum absolute atomic E-state index is 0.0559. The minimum atomic E-state index is -0.0559. The van der Waals surface area contributed by atoms with Crippen LogP contribution in [-0.4, -0.2) is 5.91 Å². The lowest BCUT2D eigenvalue weighted by atomic mass is 9.99. The van der Waals surface area contributed by atoms with E-state index in [1.165, 1.54) is 25.4 Å². The molecule has 24 heavy (non-hydrogen) atoms. The number of thiophene rings is 2. The van der Waals surface area contributed by atoms with Crippen LogP contribution >= 0.6 is 22.7 Å². The predicted octanol–water partition coefficient (Wildman–Crippen LogP) is 6.26. The molecule has 0 fully saturated rings. The van der Waals surface area contributed by atoms with Crippen LogP contribution in [0.25, 0.3) is 31.0 Å². The fourth-order valence-corrected chi connectivity index (χ4v) is 4.97. The summed E-state index contributed by atoms with van der Waals surface area (Å²) in [6.07, 6.45) is 0. The van der Waals surface area contributed by atoms with Crippen molar-refractivity contribution in [3.8, 4) is 20.9 Å². The first kappa shape index (κ1) is 15.1. The second-order valence-corrected chi connectivity index (χ2v) is 7.51. The van der Waals surface area contributed by atoms with Crippen molar-refractivity contribution in [3.05, 3.63) is 66.0 Å². The Hall–Kier alpha value is -2.43. The first-order valence-corrected chi connectivity index (χ1v) is 9.36.